The zero-order valence-electron chi connectivity index (χ0n) is 8.66. The Morgan fingerprint density at radius 2 is 2.00 bits per heavy atom. The van der Waals surface area contributed by atoms with Crippen LogP contribution in [0.25, 0.3) is 0 Å². The van der Waals surface area contributed by atoms with E-state index >= 15 is 0 Å². The Morgan fingerprint density at radius 1 is 1.43 bits per heavy atom. The minimum atomic E-state index is -1.95. The Morgan fingerprint density at radius 3 is 2.36 bits per heavy atom. The molecular weight excluding hydrogens is 186 g/mol. The summed E-state index contributed by atoms with van der Waals surface area (Å²) in [6, 6.07) is 0. The third kappa shape index (κ3) is 3.02. The smallest absolute Gasteiger partial charge is 0.201 e. The first kappa shape index (κ1) is 13.5. The Bertz CT molecular complexity index is 184. The second-order valence-corrected chi connectivity index (χ2v) is 3.52. The lowest BCUT2D eigenvalue weighted by Gasteiger charge is -2.36. The van der Waals surface area contributed by atoms with Gasteiger partial charge in [0.2, 0.25) is 5.72 Å². The second-order valence-electron chi connectivity index (χ2n) is 3.52. The molecule has 84 valence electrons. The van der Waals surface area contributed by atoms with E-state index in [1.54, 1.807) is 6.92 Å². The fourth-order valence-corrected chi connectivity index (χ4v) is 0.987. The maximum atomic E-state index is 10.7. The molecule has 0 fully saturated rings. The molecule has 0 saturated heterocycles. The van der Waals surface area contributed by atoms with Crippen molar-refractivity contribution < 1.29 is 20.1 Å². The lowest BCUT2D eigenvalue weighted by atomic mass is 9.90. The van der Waals surface area contributed by atoms with E-state index in [4.69, 9.17) is 5.11 Å². The van der Waals surface area contributed by atoms with Gasteiger partial charge in [-0.2, -0.15) is 0 Å². The Hall–Kier alpha value is -0.490. The lowest BCUT2D eigenvalue weighted by Crippen LogP contribution is -2.63. The third-order valence-electron chi connectivity index (χ3n) is 2.41. The summed E-state index contributed by atoms with van der Waals surface area (Å²) >= 11 is 0. The highest BCUT2D eigenvalue weighted by Gasteiger charge is 2.44. The predicted molar refractivity (Wildman–Crippen MR) is 51.6 cm³/mol. The van der Waals surface area contributed by atoms with Gasteiger partial charge >= 0.3 is 0 Å². The number of aliphatic hydroxyl groups is 3. The molecule has 5 heteroatoms. The van der Waals surface area contributed by atoms with E-state index in [0.717, 1.165) is 0 Å². The van der Waals surface area contributed by atoms with Crippen LogP contribution in [0.2, 0.25) is 0 Å². The van der Waals surface area contributed by atoms with Crippen LogP contribution >= 0.6 is 0 Å². The highest BCUT2D eigenvalue weighted by atomic mass is 16.4. The Balaban J connectivity index is 4.38. The van der Waals surface area contributed by atoms with Crippen LogP contribution in [-0.2, 0) is 4.79 Å². The van der Waals surface area contributed by atoms with Gasteiger partial charge in [0.15, 0.2) is 6.29 Å². The highest BCUT2D eigenvalue weighted by Crippen LogP contribution is 2.21. The van der Waals surface area contributed by atoms with Gasteiger partial charge in [-0.05, 0) is 19.8 Å². The van der Waals surface area contributed by atoms with Crippen LogP contribution in [0.3, 0.4) is 0 Å². The number of hydrogen-bond donors (Lipinski definition) is 4. The molecule has 0 spiro atoms. The topological polar surface area (TPSA) is 89.8 Å². The van der Waals surface area contributed by atoms with E-state index in [2.05, 4.69) is 5.32 Å². The van der Waals surface area contributed by atoms with Crippen molar-refractivity contribution in [2.75, 3.05) is 13.2 Å². The number of aldehydes is 1. The molecule has 0 rings (SSSR count). The summed E-state index contributed by atoms with van der Waals surface area (Å²) in [6.45, 7) is 3.29. The molecule has 0 aromatic heterocycles. The molecular formula is C9H19NO4. The molecule has 0 saturated carbocycles. The minimum absolute atomic E-state index is 0.0315. The van der Waals surface area contributed by atoms with Crippen LogP contribution in [-0.4, -0.2) is 46.1 Å². The molecule has 4 N–H and O–H groups in total. The highest BCUT2D eigenvalue weighted by molar-refractivity contribution is 5.63. The number of rotatable bonds is 7. The zero-order chi connectivity index (χ0) is 11.2. The Kier molecular flexibility index (Phi) is 5.22. The summed E-state index contributed by atoms with van der Waals surface area (Å²) in [5, 5.41) is 30.5. The number of aliphatic hydroxyl groups excluding tert-OH is 1. The summed E-state index contributed by atoms with van der Waals surface area (Å²) in [4.78, 5) is 10.7. The van der Waals surface area contributed by atoms with Crippen LogP contribution in [0.1, 0.15) is 26.7 Å². The van der Waals surface area contributed by atoms with Gasteiger partial charge < -0.3 is 15.3 Å². The Labute approximate surface area is 83.8 Å². The maximum absolute atomic E-state index is 10.7. The summed E-state index contributed by atoms with van der Waals surface area (Å²) < 4.78 is 0. The van der Waals surface area contributed by atoms with Gasteiger partial charge in [0.05, 0.1) is 0 Å². The van der Waals surface area contributed by atoms with E-state index < -0.39 is 11.3 Å². The summed E-state index contributed by atoms with van der Waals surface area (Å²) in [7, 11) is 0. The van der Waals surface area contributed by atoms with Crippen molar-refractivity contribution in [1.82, 2.24) is 5.32 Å². The fourth-order valence-electron chi connectivity index (χ4n) is 0.987. The van der Waals surface area contributed by atoms with Crippen LogP contribution < -0.4 is 5.32 Å². The minimum Gasteiger partial charge on any atom is -0.396 e. The van der Waals surface area contributed by atoms with Crippen LogP contribution in [0.15, 0.2) is 0 Å². The van der Waals surface area contributed by atoms with Gasteiger partial charge in [0, 0.05) is 13.2 Å². The van der Waals surface area contributed by atoms with Gasteiger partial charge in [-0.25, -0.2) is 0 Å². The van der Waals surface area contributed by atoms with Crippen molar-refractivity contribution in [3.05, 3.63) is 0 Å². The molecule has 0 aliphatic heterocycles. The van der Waals surface area contributed by atoms with Crippen molar-refractivity contribution in [3.63, 3.8) is 0 Å². The molecule has 0 heterocycles. The zero-order valence-corrected chi connectivity index (χ0v) is 8.66. The fraction of sp³-hybridized carbons (Fsp3) is 0.889. The van der Waals surface area contributed by atoms with Crippen molar-refractivity contribution in [3.8, 4) is 0 Å². The van der Waals surface area contributed by atoms with E-state index in [9.17, 15) is 15.0 Å². The van der Waals surface area contributed by atoms with E-state index in [0.29, 0.717) is 6.42 Å². The number of carbonyl (C=O) groups excluding carboxylic acids is 1. The summed E-state index contributed by atoms with van der Waals surface area (Å²) in [5.74, 6) is 0. The molecule has 0 radical (unpaired) electrons. The second kappa shape index (κ2) is 5.41. The van der Waals surface area contributed by atoms with Gasteiger partial charge in [0.1, 0.15) is 5.60 Å². The first-order valence-corrected chi connectivity index (χ1v) is 4.70. The van der Waals surface area contributed by atoms with Gasteiger partial charge in [-0.1, -0.05) is 6.92 Å². The predicted octanol–water partition coefficient (Wildman–Crippen LogP) is -0.993. The summed E-state index contributed by atoms with van der Waals surface area (Å²) in [6.07, 6.45) is 0.943. The molecule has 0 aromatic rings. The largest absolute Gasteiger partial charge is 0.396 e. The van der Waals surface area contributed by atoms with Gasteiger partial charge in [-0.3, -0.25) is 10.1 Å². The maximum Gasteiger partial charge on any atom is 0.201 e. The van der Waals surface area contributed by atoms with Crippen LogP contribution in [0.5, 0.6) is 0 Å². The van der Waals surface area contributed by atoms with Crippen molar-refractivity contribution >= 4 is 6.29 Å². The van der Waals surface area contributed by atoms with Crippen molar-refractivity contribution in [2.45, 2.75) is 38.0 Å². The number of nitrogens with one attached hydrogen (secondary N) is 1. The van der Waals surface area contributed by atoms with Crippen molar-refractivity contribution in [2.24, 2.45) is 0 Å². The average Bonchev–Trinajstić information content (AvgIpc) is 2.17. The van der Waals surface area contributed by atoms with E-state index in [1.807, 2.05) is 0 Å². The number of hydrogen-bond acceptors (Lipinski definition) is 5. The molecule has 0 aliphatic carbocycles. The molecule has 5 nitrogen and oxygen atoms in total. The molecule has 0 aliphatic rings. The first-order chi connectivity index (χ1) is 6.43. The SMILES string of the molecule is CCC(C)(O)C(O)(C=O)NCCCO. The monoisotopic (exact) mass is 205 g/mol. The van der Waals surface area contributed by atoms with Crippen molar-refractivity contribution in [1.29, 1.82) is 0 Å². The van der Waals surface area contributed by atoms with Crippen LogP contribution in [0, 0.1) is 0 Å². The quantitative estimate of drug-likeness (QED) is 0.243. The summed E-state index contributed by atoms with van der Waals surface area (Å²) in [5.41, 5.74) is -3.46. The van der Waals surface area contributed by atoms with E-state index in [1.165, 1.54) is 6.92 Å². The van der Waals surface area contributed by atoms with Gasteiger partial charge in [0.25, 0.3) is 0 Å². The molecule has 2 unspecified atom stereocenters. The molecule has 14 heavy (non-hydrogen) atoms. The molecule has 0 bridgehead atoms. The molecule has 0 amide bonds. The average molecular weight is 205 g/mol. The number of carbonyl (C=O) groups is 1. The third-order valence-corrected chi connectivity index (χ3v) is 2.41. The standard InChI is InChI=1S/C9H19NO4/c1-3-8(2,13)9(14,7-12)10-5-4-6-11/h7,10-11,13-14H,3-6H2,1-2H3. The molecule has 0 aromatic carbocycles. The van der Waals surface area contributed by atoms with Crippen LogP contribution in [0.4, 0.5) is 0 Å². The first-order valence-electron chi connectivity index (χ1n) is 4.70. The van der Waals surface area contributed by atoms with E-state index in [-0.39, 0.29) is 25.9 Å². The lowest BCUT2D eigenvalue weighted by molar-refractivity contribution is -0.168. The van der Waals surface area contributed by atoms with Gasteiger partial charge in [-0.15, -0.1) is 0 Å². The normalized spacial score (nSPS) is 19.8. The molecule has 2 atom stereocenters.